The molecule has 1 fully saturated rings. The fourth-order valence-corrected chi connectivity index (χ4v) is 7.96. The average molecular weight is 726 g/mol. The van der Waals surface area contributed by atoms with Crippen LogP contribution < -0.4 is 10.1 Å². The van der Waals surface area contributed by atoms with Gasteiger partial charge in [0.1, 0.15) is 29.1 Å². The molecule has 5 bridgehead atoms. The molecular weight excluding hydrogens is 682 g/mol. The summed E-state index contributed by atoms with van der Waals surface area (Å²) < 4.78 is 29.1. The molecule has 4 N–H and O–H groups in total. The number of aliphatic hydroxyl groups excluding tert-OH is 2. The van der Waals surface area contributed by atoms with E-state index in [1.165, 1.54) is 40.9 Å². The minimum absolute atomic E-state index is 0.0387. The summed E-state index contributed by atoms with van der Waals surface area (Å²) in [6, 6.07) is 0. The minimum Gasteiger partial charge on any atom is -0.507 e. The molecule has 5 aliphatic rings. The number of esters is 1. The average Bonchev–Trinajstić information content (AvgIpc) is 3.85. The normalized spacial score (nSPS) is 37.3. The number of Topliss-reactive ketones (excluding diaryl/α,β-unsaturated/α-hetero) is 4. The molecule has 0 radical (unpaired) electrons. The Kier molecular flexibility index (Phi) is 9.16. The quantitative estimate of drug-likeness (QED) is 0.321. The lowest BCUT2D eigenvalue weighted by Crippen LogP contribution is -2.54. The zero-order valence-electron chi connectivity index (χ0n) is 30.1. The number of aliphatic hydroxyl groups is 2. The highest BCUT2D eigenvalue weighted by atomic mass is 16.7. The number of benzene rings is 1. The molecule has 11 unspecified atom stereocenters. The van der Waals surface area contributed by atoms with Gasteiger partial charge in [-0.2, -0.15) is 0 Å². The largest absolute Gasteiger partial charge is 0.507 e. The van der Waals surface area contributed by atoms with Crippen LogP contribution in [0.3, 0.4) is 0 Å². The van der Waals surface area contributed by atoms with Crippen molar-refractivity contribution in [1.82, 2.24) is 5.32 Å². The van der Waals surface area contributed by atoms with Crippen molar-refractivity contribution >= 4 is 35.0 Å². The molecule has 2 aliphatic carbocycles. The number of ether oxygens (including phenoxy) is 5. The van der Waals surface area contributed by atoms with E-state index in [4.69, 9.17) is 23.7 Å². The summed E-state index contributed by atoms with van der Waals surface area (Å²) in [7, 11) is 1.40. The maximum absolute atomic E-state index is 14.2. The van der Waals surface area contributed by atoms with Crippen molar-refractivity contribution in [2.24, 2.45) is 29.6 Å². The van der Waals surface area contributed by atoms with Gasteiger partial charge in [0.25, 0.3) is 11.7 Å². The van der Waals surface area contributed by atoms with E-state index in [2.05, 4.69) is 5.32 Å². The van der Waals surface area contributed by atoms with E-state index in [1.54, 1.807) is 20.8 Å². The van der Waals surface area contributed by atoms with E-state index in [1.807, 2.05) is 0 Å². The van der Waals surface area contributed by atoms with Gasteiger partial charge in [-0.25, -0.2) is 0 Å². The number of nitrogens with one attached hydrogen (secondary N) is 1. The number of aromatic hydroxyl groups is 1. The van der Waals surface area contributed by atoms with Gasteiger partial charge in [-0.05, 0) is 32.3 Å². The Bertz CT molecular complexity index is 1860. The van der Waals surface area contributed by atoms with E-state index in [0.717, 1.165) is 6.26 Å². The van der Waals surface area contributed by atoms with Crippen LogP contribution in [0, 0.1) is 36.5 Å². The molecular formula is C37H43NO14. The number of allylic oxidation sites excluding steroid dienone is 2. The number of carbonyl (C=O) groups excluding carboxylic acids is 6. The molecule has 3 heterocycles. The molecule has 0 spiro atoms. The van der Waals surface area contributed by atoms with Crippen molar-refractivity contribution in [1.29, 1.82) is 0 Å². The molecule has 15 nitrogen and oxygen atoms in total. The number of ketones is 4. The zero-order chi connectivity index (χ0) is 38.4. The summed E-state index contributed by atoms with van der Waals surface area (Å²) in [5, 5.41) is 36.4. The first-order valence-corrected chi connectivity index (χ1v) is 17.2. The molecule has 1 amide bonds. The maximum Gasteiger partial charge on any atom is 0.312 e. The number of methoxy groups -OCH3 is 1. The molecule has 11 atom stereocenters. The van der Waals surface area contributed by atoms with E-state index in [-0.39, 0.29) is 23.3 Å². The van der Waals surface area contributed by atoms with Gasteiger partial charge in [-0.3, -0.25) is 28.8 Å². The maximum atomic E-state index is 14.2. The van der Waals surface area contributed by atoms with Gasteiger partial charge in [0, 0.05) is 50.2 Å². The molecule has 280 valence electrons. The summed E-state index contributed by atoms with van der Waals surface area (Å²) in [6.07, 6.45) is -1.81. The fourth-order valence-electron chi connectivity index (χ4n) is 7.96. The van der Waals surface area contributed by atoms with Gasteiger partial charge in [0.15, 0.2) is 11.4 Å². The van der Waals surface area contributed by atoms with Crippen LogP contribution in [-0.4, -0.2) is 93.2 Å². The second-order valence-corrected chi connectivity index (χ2v) is 14.9. The molecule has 1 aromatic rings. The van der Waals surface area contributed by atoms with Crippen molar-refractivity contribution in [3.63, 3.8) is 0 Å². The third kappa shape index (κ3) is 5.69. The lowest BCUT2D eigenvalue weighted by atomic mass is 9.79. The molecule has 0 aromatic heterocycles. The Morgan fingerprint density at radius 2 is 1.62 bits per heavy atom. The number of phenolic OH excluding ortho intramolecular Hbond substituents is 1. The number of hydrogen-bond donors (Lipinski definition) is 4. The first kappa shape index (κ1) is 37.2. The lowest BCUT2D eigenvalue weighted by molar-refractivity contribution is -0.160. The van der Waals surface area contributed by atoms with Crippen molar-refractivity contribution in [2.75, 3.05) is 7.11 Å². The third-order valence-electron chi connectivity index (χ3n) is 11.3. The minimum atomic E-state index is -2.10. The monoisotopic (exact) mass is 725 g/mol. The second kappa shape index (κ2) is 12.8. The van der Waals surface area contributed by atoms with E-state index in [0.29, 0.717) is 0 Å². The van der Waals surface area contributed by atoms with E-state index < -0.39 is 135 Å². The fraction of sp³-hybridized carbons (Fsp3) is 0.568. The molecule has 6 rings (SSSR count). The van der Waals surface area contributed by atoms with Crippen molar-refractivity contribution in [3.8, 4) is 11.5 Å². The number of hydrogen-bond acceptors (Lipinski definition) is 14. The summed E-state index contributed by atoms with van der Waals surface area (Å²) in [6.45, 7) is 10.2. The Labute approximate surface area is 299 Å². The zero-order valence-corrected chi connectivity index (χ0v) is 30.1. The Balaban J connectivity index is 1.45. The van der Waals surface area contributed by atoms with Crippen LogP contribution in [0.1, 0.15) is 91.0 Å². The SMILES string of the molecule is COC1C=COC2(C)Oc3c(C)c(O)c4c(c3C2=O)C(=O)C2=C(NC(=O)C(C)(CC(=O)C3CC3C(O)C(C)C(O)C(C)C(OC(C)=O)C1C)O2)C4=O. The number of fused-ring (bicyclic) bond motifs is 3. The number of rotatable bonds is 2. The second-order valence-electron chi connectivity index (χ2n) is 14.9. The summed E-state index contributed by atoms with van der Waals surface area (Å²) >= 11 is 0. The van der Waals surface area contributed by atoms with Crippen molar-refractivity contribution < 1.29 is 67.8 Å². The van der Waals surface area contributed by atoms with E-state index in [9.17, 15) is 44.1 Å². The summed E-state index contributed by atoms with van der Waals surface area (Å²) in [5.41, 5.74) is -3.93. The summed E-state index contributed by atoms with van der Waals surface area (Å²) in [4.78, 5) is 81.4. The first-order chi connectivity index (χ1) is 24.3. The number of amides is 1. The van der Waals surface area contributed by atoms with Gasteiger partial charge in [0.05, 0.1) is 47.7 Å². The molecule has 3 aliphatic heterocycles. The third-order valence-corrected chi connectivity index (χ3v) is 11.3. The Morgan fingerprint density at radius 3 is 2.25 bits per heavy atom. The molecule has 0 saturated heterocycles. The van der Waals surface area contributed by atoms with Crippen LogP contribution in [0.25, 0.3) is 0 Å². The van der Waals surface area contributed by atoms with Crippen LogP contribution in [0.2, 0.25) is 0 Å². The number of phenols is 1. The Hall–Kier alpha value is -4.60. The molecule has 1 aromatic carbocycles. The lowest BCUT2D eigenvalue weighted by Gasteiger charge is -2.37. The van der Waals surface area contributed by atoms with Gasteiger partial charge in [-0.1, -0.05) is 20.8 Å². The van der Waals surface area contributed by atoms with E-state index >= 15 is 0 Å². The first-order valence-electron chi connectivity index (χ1n) is 17.2. The molecule has 52 heavy (non-hydrogen) atoms. The van der Waals surface area contributed by atoms with Gasteiger partial charge in [0.2, 0.25) is 11.6 Å². The highest BCUT2D eigenvalue weighted by molar-refractivity contribution is 6.32. The van der Waals surface area contributed by atoms with Gasteiger partial charge in [-0.15, -0.1) is 0 Å². The highest BCUT2D eigenvalue weighted by Gasteiger charge is 2.57. The van der Waals surface area contributed by atoms with Crippen LogP contribution in [0.4, 0.5) is 0 Å². The predicted molar refractivity (Wildman–Crippen MR) is 177 cm³/mol. The topological polar surface area (TPSA) is 221 Å². The van der Waals surface area contributed by atoms with Crippen LogP contribution in [0.5, 0.6) is 11.5 Å². The smallest absolute Gasteiger partial charge is 0.312 e. The Morgan fingerprint density at radius 1 is 0.942 bits per heavy atom. The van der Waals surface area contributed by atoms with Gasteiger partial charge >= 0.3 is 11.8 Å². The van der Waals surface area contributed by atoms with Crippen LogP contribution in [-0.2, 0) is 33.3 Å². The standard InChI is InChI=1S/C37H43NO14/c1-13-21(48-8)9-10-49-37(7)34(46)24-22-23(28(43)16(4)32(24)52-37)29(44)25-33(30(22)45)51-36(6,35(47)38-25)12-20(40)18-11-19(18)27(42)14(2)26(41)15(3)31(13)50-17(5)39/h9-10,13-15,18-19,21,26-27,31,41-43H,11-12H2,1-8H3,(H,38,47). The van der Waals surface area contributed by atoms with Crippen LogP contribution >= 0.6 is 0 Å². The highest BCUT2D eigenvalue weighted by Crippen LogP contribution is 2.51. The molecule has 1 saturated carbocycles. The van der Waals surface area contributed by atoms with Crippen molar-refractivity contribution in [2.45, 2.75) is 97.1 Å². The van der Waals surface area contributed by atoms with Crippen LogP contribution in [0.15, 0.2) is 23.8 Å². The van der Waals surface area contributed by atoms with Crippen molar-refractivity contribution in [3.05, 3.63) is 46.0 Å². The number of carbonyl (C=O) groups is 6. The molecule has 15 heteroatoms. The van der Waals surface area contributed by atoms with Gasteiger partial charge < -0.3 is 44.3 Å². The summed E-state index contributed by atoms with van der Waals surface area (Å²) in [5.74, 6) is -11.8. The predicted octanol–water partition coefficient (Wildman–Crippen LogP) is 2.20.